The molecule has 2 aromatic rings. The minimum absolute atomic E-state index is 0.0484. The Kier molecular flexibility index (Phi) is 4.72. The highest BCUT2D eigenvalue weighted by molar-refractivity contribution is 7.90. The molecule has 1 heterocycles. The molecule has 0 amide bonds. The zero-order chi connectivity index (χ0) is 20.7. The SMILES string of the molecule is NS(=O)(=O)C1(C(F)(F)F)Oc2ccccc2C(Cc2ccccc2)=C1C(=O)O. The van der Waals surface area contributed by atoms with Gasteiger partial charge >= 0.3 is 17.1 Å². The van der Waals surface area contributed by atoms with Gasteiger partial charge in [0.1, 0.15) is 11.3 Å². The van der Waals surface area contributed by atoms with Crippen molar-refractivity contribution in [1.82, 2.24) is 0 Å². The summed E-state index contributed by atoms with van der Waals surface area (Å²) in [5.41, 5.74) is -1.28. The smallest absolute Gasteiger partial charge is 0.449 e. The van der Waals surface area contributed by atoms with E-state index in [4.69, 9.17) is 9.88 Å². The Morgan fingerprint density at radius 1 is 1.07 bits per heavy atom. The number of sulfonamides is 1. The number of benzene rings is 2. The molecule has 0 fully saturated rings. The average Bonchev–Trinajstić information content (AvgIpc) is 2.60. The molecular formula is C18H14F3NO5S. The predicted molar refractivity (Wildman–Crippen MR) is 93.7 cm³/mol. The van der Waals surface area contributed by atoms with Crippen molar-refractivity contribution >= 4 is 21.6 Å². The first-order valence-corrected chi connectivity index (χ1v) is 9.42. The second-order valence-electron chi connectivity index (χ2n) is 6.08. The summed E-state index contributed by atoms with van der Waals surface area (Å²) in [4.78, 5) is 7.68. The molecule has 0 saturated heterocycles. The van der Waals surface area contributed by atoms with Gasteiger partial charge in [-0.05, 0) is 23.6 Å². The maximum absolute atomic E-state index is 14.0. The number of primary sulfonamides is 1. The number of halogens is 3. The first kappa shape index (κ1) is 19.9. The Labute approximate surface area is 158 Å². The molecule has 0 bridgehead atoms. The summed E-state index contributed by atoms with van der Waals surface area (Å²) in [7, 11) is -5.59. The average molecular weight is 413 g/mol. The van der Waals surface area contributed by atoms with E-state index in [1.54, 1.807) is 30.3 Å². The van der Waals surface area contributed by atoms with Crippen LogP contribution in [0.3, 0.4) is 0 Å². The molecule has 6 nitrogen and oxygen atoms in total. The van der Waals surface area contributed by atoms with Crippen molar-refractivity contribution in [2.45, 2.75) is 17.5 Å². The number of fused-ring (bicyclic) bond motifs is 1. The van der Waals surface area contributed by atoms with Gasteiger partial charge in [0.15, 0.2) is 0 Å². The van der Waals surface area contributed by atoms with Crippen LogP contribution in [0.1, 0.15) is 11.1 Å². The quantitative estimate of drug-likeness (QED) is 0.802. The molecule has 28 heavy (non-hydrogen) atoms. The van der Waals surface area contributed by atoms with Gasteiger partial charge in [-0.15, -0.1) is 0 Å². The van der Waals surface area contributed by atoms with E-state index >= 15 is 0 Å². The van der Waals surface area contributed by atoms with Crippen molar-refractivity contribution in [3.8, 4) is 5.75 Å². The molecule has 1 unspecified atom stereocenters. The van der Waals surface area contributed by atoms with Crippen molar-refractivity contribution in [2.75, 3.05) is 0 Å². The first-order chi connectivity index (χ1) is 13.0. The van der Waals surface area contributed by atoms with E-state index in [1.165, 1.54) is 18.2 Å². The lowest BCUT2D eigenvalue weighted by Crippen LogP contribution is -2.63. The molecule has 10 heteroatoms. The molecule has 3 N–H and O–H groups in total. The summed E-state index contributed by atoms with van der Waals surface area (Å²) in [5, 5.41) is 14.5. The van der Waals surface area contributed by atoms with Crippen molar-refractivity contribution in [3.63, 3.8) is 0 Å². The van der Waals surface area contributed by atoms with Gasteiger partial charge in [0, 0.05) is 5.56 Å². The van der Waals surface area contributed by atoms with Crippen LogP contribution in [0.4, 0.5) is 13.2 Å². The molecule has 0 saturated carbocycles. The normalized spacial score (nSPS) is 19.7. The summed E-state index contributed by atoms with van der Waals surface area (Å²) < 4.78 is 71.1. The van der Waals surface area contributed by atoms with Crippen LogP contribution in [0.25, 0.3) is 5.57 Å². The minimum Gasteiger partial charge on any atom is -0.478 e. The molecule has 1 atom stereocenters. The van der Waals surface area contributed by atoms with Crippen LogP contribution in [0.5, 0.6) is 5.75 Å². The second kappa shape index (κ2) is 6.64. The highest BCUT2D eigenvalue weighted by atomic mass is 32.2. The molecule has 3 rings (SSSR count). The van der Waals surface area contributed by atoms with Crippen LogP contribution in [-0.2, 0) is 21.2 Å². The number of carboxylic acid groups (broad SMARTS) is 1. The van der Waals surface area contributed by atoms with Gasteiger partial charge in [0.25, 0.3) is 10.0 Å². The van der Waals surface area contributed by atoms with E-state index in [9.17, 15) is 31.5 Å². The number of hydrogen-bond acceptors (Lipinski definition) is 4. The molecule has 1 aliphatic heterocycles. The number of nitrogens with two attached hydrogens (primary N) is 1. The third-order valence-electron chi connectivity index (χ3n) is 4.31. The number of carbonyl (C=O) groups is 1. The Balaban J connectivity index is 2.44. The first-order valence-electron chi connectivity index (χ1n) is 7.87. The maximum atomic E-state index is 14.0. The number of para-hydroxylation sites is 1. The van der Waals surface area contributed by atoms with E-state index in [1.807, 2.05) is 0 Å². The van der Waals surface area contributed by atoms with Crippen molar-refractivity contribution < 1.29 is 36.2 Å². The lowest BCUT2D eigenvalue weighted by Gasteiger charge is -2.39. The van der Waals surface area contributed by atoms with Gasteiger partial charge in [-0.3, -0.25) is 0 Å². The highest BCUT2D eigenvalue weighted by Crippen LogP contribution is 2.51. The largest absolute Gasteiger partial charge is 0.478 e. The van der Waals surface area contributed by atoms with Crippen molar-refractivity contribution in [2.24, 2.45) is 5.14 Å². The lowest BCUT2D eigenvalue weighted by molar-refractivity contribution is -0.204. The van der Waals surface area contributed by atoms with Crippen LogP contribution < -0.4 is 9.88 Å². The molecule has 1 aliphatic rings. The molecule has 0 aromatic heterocycles. The number of allylic oxidation sites excluding steroid dienone is 1. The molecule has 148 valence electrons. The third-order valence-corrected chi connectivity index (χ3v) is 5.63. The highest BCUT2D eigenvalue weighted by Gasteiger charge is 2.72. The van der Waals surface area contributed by atoms with E-state index in [-0.39, 0.29) is 17.6 Å². The van der Waals surface area contributed by atoms with Crippen LogP contribution in [-0.4, -0.2) is 30.6 Å². The zero-order valence-electron chi connectivity index (χ0n) is 14.1. The number of aliphatic carboxylic acids is 1. The summed E-state index contributed by atoms with van der Waals surface area (Å²) in [6, 6.07) is 13.4. The molecule has 0 aliphatic carbocycles. The molecule has 2 aromatic carbocycles. The number of hydrogen-bond donors (Lipinski definition) is 2. The van der Waals surface area contributed by atoms with Crippen LogP contribution in [0.2, 0.25) is 0 Å². The molecular weight excluding hydrogens is 399 g/mol. The summed E-state index contributed by atoms with van der Waals surface area (Å²) in [5.74, 6) is -2.52. The topological polar surface area (TPSA) is 107 Å². The Hall–Kier alpha value is -2.85. The Morgan fingerprint density at radius 3 is 2.18 bits per heavy atom. The van der Waals surface area contributed by atoms with Crippen LogP contribution in [0.15, 0.2) is 60.2 Å². The molecule has 0 spiro atoms. The second-order valence-corrected chi connectivity index (χ2v) is 7.74. The maximum Gasteiger partial charge on any atom is 0.449 e. The van der Waals surface area contributed by atoms with E-state index in [0.717, 1.165) is 6.07 Å². The lowest BCUT2D eigenvalue weighted by atomic mass is 9.87. The standard InChI is InChI=1S/C18H14F3NO5S/c19-18(20,21)17(28(22,25)26)15(16(23)24)13(10-11-6-2-1-3-7-11)12-8-4-5-9-14(12)27-17/h1-9H,10H2,(H,23,24)(H2,22,25,26). The van der Waals surface area contributed by atoms with Crippen LogP contribution >= 0.6 is 0 Å². The Bertz CT molecular complexity index is 1060. The monoisotopic (exact) mass is 413 g/mol. The predicted octanol–water partition coefficient (Wildman–Crippen LogP) is 2.71. The van der Waals surface area contributed by atoms with Gasteiger partial charge in [0.05, 0.1) is 0 Å². The minimum atomic E-state index is -5.65. The summed E-state index contributed by atoms with van der Waals surface area (Å²) in [6.07, 6.45) is -5.92. The third kappa shape index (κ3) is 3.04. The number of rotatable bonds is 4. The van der Waals surface area contributed by atoms with E-state index in [2.05, 4.69) is 0 Å². The van der Waals surface area contributed by atoms with Crippen molar-refractivity contribution in [3.05, 3.63) is 71.3 Å². The fraction of sp³-hybridized carbons (Fsp3) is 0.167. The van der Waals surface area contributed by atoms with E-state index < -0.39 is 38.4 Å². The van der Waals surface area contributed by atoms with Crippen molar-refractivity contribution in [1.29, 1.82) is 0 Å². The fourth-order valence-electron chi connectivity index (χ4n) is 3.16. The van der Waals surface area contributed by atoms with Gasteiger partial charge in [-0.2, -0.15) is 13.2 Å². The zero-order valence-corrected chi connectivity index (χ0v) is 14.9. The van der Waals surface area contributed by atoms with E-state index in [0.29, 0.717) is 5.56 Å². The van der Waals surface area contributed by atoms with Crippen LogP contribution in [0, 0.1) is 0 Å². The Morgan fingerprint density at radius 2 is 1.64 bits per heavy atom. The fourth-order valence-corrected chi connectivity index (χ4v) is 4.18. The number of ether oxygens (including phenoxy) is 1. The van der Waals surface area contributed by atoms with Gasteiger partial charge < -0.3 is 9.84 Å². The summed E-state index contributed by atoms with van der Waals surface area (Å²) in [6.45, 7) is 0. The summed E-state index contributed by atoms with van der Waals surface area (Å²) >= 11 is 0. The molecule has 0 radical (unpaired) electrons. The van der Waals surface area contributed by atoms with Gasteiger partial charge in [0.2, 0.25) is 0 Å². The number of alkyl halides is 3. The van der Waals surface area contributed by atoms with Gasteiger partial charge in [-0.1, -0.05) is 48.5 Å². The van der Waals surface area contributed by atoms with Gasteiger partial charge in [-0.25, -0.2) is 18.4 Å². The number of carboxylic acids is 1.